The third-order valence-electron chi connectivity index (χ3n) is 4.62. The van der Waals surface area contributed by atoms with Crippen LogP contribution in [0.1, 0.15) is 31.7 Å². The maximum atomic E-state index is 5.80. The highest BCUT2D eigenvalue weighted by atomic mass is 28.4. The quantitative estimate of drug-likeness (QED) is 0.236. The van der Waals surface area contributed by atoms with Gasteiger partial charge in [0.2, 0.25) is 0 Å². The molecule has 0 aromatic heterocycles. The summed E-state index contributed by atoms with van der Waals surface area (Å²) in [6, 6.07) is 17.2. The van der Waals surface area contributed by atoms with E-state index >= 15 is 0 Å². The Bertz CT molecular complexity index is 697. The van der Waals surface area contributed by atoms with Crippen molar-refractivity contribution in [2.45, 2.75) is 51.7 Å². The zero-order chi connectivity index (χ0) is 19.5. The van der Waals surface area contributed by atoms with Gasteiger partial charge in [0.1, 0.15) is 5.75 Å². The van der Waals surface area contributed by atoms with Gasteiger partial charge in [-0.15, -0.1) is 0 Å². The SMILES string of the molecule is CCCCc1ccc(N=Nc2ccc(OCCC[Si](C)(C)OC)cc2)cc1. The fourth-order valence-electron chi connectivity index (χ4n) is 2.62. The Morgan fingerprint density at radius 3 is 2.00 bits per heavy atom. The highest BCUT2D eigenvalue weighted by molar-refractivity contribution is 6.71. The molecule has 0 saturated heterocycles. The molecule has 0 aliphatic carbocycles. The molecular formula is C22H32N2O2Si. The molecular weight excluding hydrogens is 352 g/mol. The summed E-state index contributed by atoms with van der Waals surface area (Å²) >= 11 is 0. The summed E-state index contributed by atoms with van der Waals surface area (Å²) in [6.45, 7) is 7.38. The van der Waals surface area contributed by atoms with Gasteiger partial charge in [-0.1, -0.05) is 25.5 Å². The van der Waals surface area contributed by atoms with Crippen molar-refractivity contribution in [2.24, 2.45) is 10.2 Å². The molecule has 0 N–H and O–H groups in total. The van der Waals surface area contributed by atoms with Gasteiger partial charge in [-0.2, -0.15) is 10.2 Å². The van der Waals surface area contributed by atoms with Gasteiger partial charge in [-0.25, -0.2) is 0 Å². The lowest BCUT2D eigenvalue weighted by atomic mass is 10.1. The maximum absolute atomic E-state index is 5.80. The Balaban J connectivity index is 1.80. The second-order valence-corrected chi connectivity index (χ2v) is 11.8. The van der Waals surface area contributed by atoms with Crippen molar-refractivity contribution in [3.63, 3.8) is 0 Å². The van der Waals surface area contributed by atoms with Crippen LogP contribution < -0.4 is 4.74 Å². The minimum absolute atomic E-state index is 0.713. The molecule has 4 nitrogen and oxygen atoms in total. The summed E-state index contributed by atoms with van der Waals surface area (Å²) in [5, 5.41) is 8.62. The summed E-state index contributed by atoms with van der Waals surface area (Å²) in [4.78, 5) is 0. The molecule has 27 heavy (non-hydrogen) atoms. The van der Waals surface area contributed by atoms with Crippen LogP contribution in [-0.2, 0) is 10.8 Å². The number of rotatable bonds is 11. The maximum Gasteiger partial charge on any atom is 0.186 e. The van der Waals surface area contributed by atoms with E-state index < -0.39 is 8.32 Å². The summed E-state index contributed by atoms with van der Waals surface area (Å²) in [5.41, 5.74) is 3.06. The normalized spacial score (nSPS) is 11.9. The molecule has 0 aliphatic heterocycles. The lowest BCUT2D eigenvalue weighted by Crippen LogP contribution is -2.28. The molecule has 0 heterocycles. The summed E-state index contributed by atoms with van der Waals surface area (Å²) in [5.74, 6) is 0.867. The third kappa shape index (κ3) is 8.06. The number of azo groups is 1. The third-order valence-corrected chi connectivity index (χ3v) is 7.28. The van der Waals surface area contributed by atoms with Gasteiger partial charge in [0.15, 0.2) is 8.32 Å². The van der Waals surface area contributed by atoms with Gasteiger partial charge in [0, 0.05) is 7.11 Å². The van der Waals surface area contributed by atoms with Crippen molar-refractivity contribution in [1.82, 2.24) is 0 Å². The number of ether oxygens (including phenoxy) is 1. The van der Waals surface area contributed by atoms with Crippen molar-refractivity contribution in [3.05, 3.63) is 54.1 Å². The highest BCUT2D eigenvalue weighted by Gasteiger charge is 2.19. The van der Waals surface area contributed by atoms with Gasteiger partial charge in [-0.05, 0) is 80.4 Å². The van der Waals surface area contributed by atoms with Crippen LogP contribution in [0.25, 0.3) is 0 Å². The first-order chi connectivity index (χ1) is 13.0. The van der Waals surface area contributed by atoms with E-state index in [4.69, 9.17) is 9.16 Å². The van der Waals surface area contributed by atoms with Crippen molar-refractivity contribution >= 4 is 19.7 Å². The van der Waals surface area contributed by atoms with Crippen molar-refractivity contribution in [1.29, 1.82) is 0 Å². The Morgan fingerprint density at radius 1 is 0.852 bits per heavy atom. The van der Waals surface area contributed by atoms with E-state index in [1.54, 1.807) is 7.11 Å². The molecule has 0 saturated carbocycles. The molecule has 0 atom stereocenters. The predicted molar refractivity (Wildman–Crippen MR) is 115 cm³/mol. The molecule has 0 unspecified atom stereocenters. The summed E-state index contributed by atoms with van der Waals surface area (Å²) in [6.07, 6.45) is 4.58. The first-order valence-electron chi connectivity index (χ1n) is 9.81. The van der Waals surface area contributed by atoms with Crippen LogP contribution in [0.2, 0.25) is 19.1 Å². The molecule has 2 rings (SSSR count). The number of aryl methyl sites for hydroxylation is 1. The first kappa shape index (κ1) is 21.3. The Labute approximate surface area is 164 Å². The molecule has 0 aliphatic rings. The lowest BCUT2D eigenvalue weighted by Gasteiger charge is -2.19. The van der Waals surface area contributed by atoms with E-state index in [9.17, 15) is 0 Å². The Kier molecular flexibility index (Phi) is 8.68. The van der Waals surface area contributed by atoms with Gasteiger partial charge in [0.05, 0.1) is 18.0 Å². The fourth-order valence-corrected chi connectivity index (χ4v) is 3.82. The van der Waals surface area contributed by atoms with Gasteiger partial charge in [0.25, 0.3) is 0 Å². The van der Waals surface area contributed by atoms with E-state index in [0.717, 1.165) is 36.0 Å². The Hall–Kier alpha value is -1.98. The van der Waals surface area contributed by atoms with E-state index in [-0.39, 0.29) is 0 Å². The topological polar surface area (TPSA) is 43.2 Å². The number of hydrogen-bond donors (Lipinski definition) is 0. The lowest BCUT2D eigenvalue weighted by molar-refractivity contribution is 0.311. The molecule has 0 spiro atoms. The van der Waals surface area contributed by atoms with Crippen LogP contribution in [-0.4, -0.2) is 22.0 Å². The first-order valence-corrected chi connectivity index (χ1v) is 12.9. The zero-order valence-electron chi connectivity index (χ0n) is 17.1. The van der Waals surface area contributed by atoms with Gasteiger partial charge >= 0.3 is 0 Å². The second kappa shape index (κ2) is 11.0. The highest BCUT2D eigenvalue weighted by Crippen LogP contribution is 2.22. The minimum Gasteiger partial charge on any atom is -0.494 e. The number of nitrogens with zero attached hydrogens (tertiary/aromatic N) is 2. The molecule has 146 valence electrons. The van der Waals surface area contributed by atoms with E-state index in [1.165, 1.54) is 18.4 Å². The van der Waals surface area contributed by atoms with Gasteiger partial charge < -0.3 is 9.16 Å². The van der Waals surface area contributed by atoms with Crippen molar-refractivity contribution < 1.29 is 9.16 Å². The zero-order valence-corrected chi connectivity index (χ0v) is 18.1. The smallest absolute Gasteiger partial charge is 0.186 e. The molecule has 0 fully saturated rings. The molecule has 2 aromatic rings. The average Bonchev–Trinajstić information content (AvgIpc) is 2.70. The van der Waals surface area contributed by atoms with Crippen LogP contribution >= 0.6 is 0 Å². The van der Waals surface area contributed by atoms with Crippen molar-refractivity contribution in [3.8, 4) is 5.75 Å². The van der Waals surface area contributed by atoms with E-state index in [2.05, 4.69) is 42.4 Å². The van der Waals surface area contributed by atoms with Crippen LogP contribution in [0, 0.1) is 0 Å². The van der Waals surface area contributed by atoms with Gasteiger partial charge in [-0.3, -0.25) is 0 Å². The monoisotopic (exact) mass is 384 g/mol. The van der Waals surface area contributed by atoms with Crippen LogP contribution in [0.3, 0.4) is 0 Å². The molecule has 2 aromatic carbocycles. The largest absolute Gasteiger partial charge is 0.494 e. The van der Waals surface area contributed by atoms with Crippen molar-refractivity contribution in [2.75, 3.05) is 13.7 Å². The second-order valence-electron chi connectivity index (χ2n) is 7.38. The minimum atomic E-state index is -1.49. The number of benzene rings is 2. The average molecular weight is 385 g/mol. The molecule has 0 bridgehead atoms. The summed E-state index contributed by atoms with van der Waals surface area (Å²) in [7, 11) is 0.321. The molecule has 0 radical (unpaired) electrons. The standard InChI is InChI=1S/C22H32N2O2Si/c1-5-6-8-19-9-11-20(12-10-19)23-24-21-13-15-22(16-14-21)26-17-7-18-27(3,4)25-2/h9-16H,5-8,17-18H2,1-4H3. The number of unbranched alkanes of at least 4 members (excludes halogenated alkanes) is 1. The van der Waals surface area contributed by atoms with E-state index in [1.807, 2.05) is 36.4 Å². The number of hydrogen-bond acceptors (Lipinski definition) is 4. The molecule has 5 heteroatoms. The van der Waals surface area contributed by atoms with Crippen LogP contribution in [0.15, 0.2) is 58.8 Å². The predicted octanol–water partition coefficient (Wildman–Crippen LogP) is 7.07. The van der Waals surface area contributed by atoms with Crippen LogP contribution in [0.4, 0.5) is 11.4 Å². The van der Waals surface area contributed by atoms with Crippen LogP contribution in [0.5, 0.6) is 5.75 Å². The Morgan fingerprint density at radius 2 is 1.44 bits per heavy atom. The van der Waals surface area contributed by atoms with E-state index in [0.29, 0.717) is 6.61 Å². The fraction of sp³-hybridized carbons (Fsp3) is 0.455. The summed E-state index contributed by atoms with van der Waals surface area (Å²) < 4.78 is 11.4. The molecule has 0 amide bonds.